The van der Waals surface area contributed by atoms with Crippen LogP contribution >= 0.6 is 0 Å². The number of nitrogens with zero attached hydrogens (tertiary/aromatic N) is 5. The quantitative estimate of drug-likeness (QED) is 0.601. The molecule has 0 aliphatic carbocycles. The van der Waals surface area contributed by atoms with E-state index in [0.717, 1.165) is 41.2 Å². The van der Waals surface area contributed by atoms with E-state index in [1.807, 2.05) is 35.4 Å². The Morgan fingerprint density at radius 1 is 1.14 bits per heavy atom. The number of hydrogen-bond donors (Lipinski definition) is 2. The third-order valence-corrected chi connectivity index (χ3v) is 6.70. The number of aromatic nitrogens is 3. The highest BCUT2D eigenvalue weighted by Crippen LogP contribution is 2.30. The van der Waals surface area contributed by atoms with Gasteiger partial charge in [0, 0.05) is 62.3 Å². The van der Waals surface area contributed by atoms with E-state index in [1.165, 1.54) is 0 Å². The van der Waals surface area contributed by atoms with E-state index in [1.54, 1.807) is 18.0 Å². The molecule has 2 aliphatic heterocycles. The van der Waals surface area contributed by atoms with Gasteiger partial charge in [0.15, 0.2) is 0 Å². The molecule has 3 aromatic rings. The third kappa shape index (κ3) is 4.66. The van der Waals surface area contributed by atoms with Gasteiger partial charge < -0.3 is 29.7 Å². The highest BCUT2D eigenvalue weighted by molar-refractivity contribution is 5.97. The zero-order chi connectivity index (χ0) is 24.5. The molecule has 5 rings (SSSR count). The maximum Gasteiger partial charge on any atom is 0.322 e. The molecule has 5 heterocycles. The van der Waals surface area contributed by atoms with Crippen LogP contribution in [0.3, 0.4) is 0 Å². The van der Waals surface area contributed by atoms with Crippen molar-refractivity contribution in [2.75, 3.05) is 49.6 Å². The average Bonchev–Trinajstić information content (AvgIpc) is 3.27. The smallest absolute Gasteiger partial charge is 0.322 e. The highest BCUT2D eigenvalue weighted by atomic mass is 16.5. The maximum atomic E-state index is 12.6. The van der Waals surface area contributed by atoms with Gasteiger partial charge >= 0.3 is 6.03 Å². The van der Waals surface area contributed by atoms with Crippen LogP contribution in [0.25, 0.3) is 22.3 Å². The molecule has 0 bridgehead atoms. The first kappa shape index (κ1) is 23.1. The largest absolute Gasteiger partial charge is 0.378 e. The summed E-state index contributed by atoms with van der Waals surface area (Å²) < 4.78 is 5.33. The molecule has 0 saturated carbocycles. The molecule has 2 saturated heterocycles. The van der Waals surface area contributed by atoms with Crippen LogP contribution in [0.2, 0.25) is 0 Å². The molecule has 35 heavy (non-hydrogen) atoms. The number of amides is 3. The van der Waals surface area contributed by atoms with Gasteiger partial charge in [-0.2, -0.15) is 0 Å². The van der Waals surface area contributed by atoms with E-state index in [9.17, 15) is 9.59 Å². The van der Waals surface area contributed by atoms with E-state index < -0.39 is 0 Å². The summed E-state index contributed by atoms with van der Waals surface area (Å²) in [6.45, 7) is 9.49. The summed E-state index contributed by atoms with van der Waals surface area (Å²) in [5.41, 5.74) is 3.10. The Hall–Kier alpha value is -3.66. The maximum absolute atomic E-state index is 12.6. The Balaban J connectivity index is 1.39. The monoisotopic (exact) mass is 477 g/mol. The van der Waals surface area contributed by atoms with Gasteiger partial charge in [-0.15, -0.1) is 0 Å². The Kier molecular flexibility index (Phi) is 6.29. The minimum Gasteiger partial charge on any atom is -0.378 e. The van der Waals surface area contributed by atoms with Crippen LogP contribution in [0, 0.1) is 0 Å². The van der Waals surface area contributed by atoms with Gasteiger partial charge in [-0.05, 0) is 32.0 Å². The molecule has 10 heteroatoms. The van der Waals surface area contributed by atoms with Crippen LogP contribution in [0.5, 0.6) is 0 Å². The number of urea groups is 1. The number of aromatic amines is 1. The highest BCUT2D eigenvalue weighted by Gasteiger charge is 2.31. The summed E-state index contributed by atoms with van der Waals surface area (Å²) >= 11 is 0. The van der Waals surface area contributed by atoms with Crippen molar-refractivity contribution in [3.05, 3.63) is 36.7 Å². The zero-order valence-corrected chi connectivity index (χ0v) is 20.3. The van der Waals surface area contributed by atoms with E-state index in [4.69, 9.17) is 9.72 Å². The number of carbonyl (C=O) groups is 2. The lowest BCUT2D eigenvalue weighted by Crippen LogP contribution is -2.58. The first-order chi connectivity index (χ1) is 16.9. The summed E-state index contributed by atoms with van der Waals surface area (Å²) in [6.07, 6.45) is 3.55. The number of morpholine rings is 1. The Labute approximate surface area is 204 Å². The zero-order valence-electron chi connectivity index (χ0n) is 20.3. The fraction of sp³-hybridized carbons (Fsp3) is 0.440. The number of nitrogens with one attached hydrogen (secondary N) is 2. The number of H-pyrrole nitrogens is 1. The van der Waals surface area contributed by atoms with Crippen molar-refractivity contribution < 1.29 is 14.3 Å². The van der Waals surface area contributed by atoms with E-state index in [0.29, 0.717) is 32.0 Å². The fourth-order valence-electron chi connectivity index (χ4n) is 5.13. The first-order valence-corrected chi connectivity index (χ1v) is 12.0. The van der Waals surface area contributed by atoms with E-state index in [2.05, 4.69) is 34.0 Å². The van der Waals surface area contributed by atoms with Crippen molar-refractivity contribution in [3.63, 3.8) is 0 Å². The molecular weight excluding hydrogens is 446 g/mol. The second-order valence-corrected chi connectivity index (χ2v) is 9.26. The molecule has 10 nitrogen and oxygen atoms in total. The van der Waals surface area contributed by atoms with Crippen LogP contribution < -0.4 is 10.2 Å². The van der Waals surface area contributed by atoms with Crippen LogP contribution in [-0.4, -0.2) is 88.2 Å². The second kappa shape index (κ2) is 9.53. The number of rotatable bonds is 3. The Morgan fingerprint density at radius 3 is 2.60 bits per heavy atom. The van der Waals surface area contributed by atoms with Gasteiger partial charge in [-0.1, -0.05) is 6.07 Å². The van der Waals surface area contributed by atoms with Gasteiger partial charge in [-0.3, -0.25) is 4.79 Å². The lowest BCUT2D eigenvalue weighted by atomic mass is 10.1. The number of piperazine rings is 1. The lowest BCUT2D eigenvalue weighted by molar-refractivity contribution is -0.133. The number of pyridine rings is 2. The minimum absolute atomic E-state index is 0.106. The van der Waals surface area contributed by atoms with Crippen LogP contribution in [-0.2, 0) is 9.53 Å². The molecule has 3 amide bonds. The lowest BCUT2D eigenvalue weighted by Gasteiger charge is -2.44. The molecule has 3 aromatic heterocycles. The molecule has 0 aromatic carbocycles. The predicted molar refractivity (Wildman–Crippen MR) is 134 cm³/mol. The number of carbonyl (C=O) groups excluding carboxylic acids is 2. The Bertz CT molecular complexity index is 1220. The SMILES string of the molecule is CC(=O)N1[C@H](C)CN(c2cccc(-c3c[nH]c4ncc(NC(=O)N5CCOCC5)cc34)n2)C[C@@H]1C. The summed E-state index contributed by atoms with van der Waals surface area (Å²) in [5.74, 6) is 0.984. The molecule has 2 aliphatic rings. The summed E-state index contributed by atoms with van der Waals surface area (Å²) in [4.78, 5) is 43.2. The third-order valence-electron chi connectivity index (χ3n) is 6.70. The van der Waals surface area contributed by atoms with Gasteiger partial charge in [0.1, 0.15) is 11.5 Å². The molecule has 0 radical (unpaired) electrons. The minimum atomic E-state index is -0.153. The van der Waals surface area contributed by atoms with Crippen molar-refractivity contribution in [2.24, 2.45) is 0 Å². The Morgan fingerprint density at radius 2 is 1.89 bits per heavy atom. The molecule has 2 atom stereocenters. The van der Waals surface area contributed by atoms with Gasteiger partial charge in [0.25, 0.3) is 0 Å². The van der Waals surface area contributed by atoms with Crippen molar-refractivity contribution in [1.82, 2.24) is 24.8 Å². The fourth-order valence-corrected chi connectivity index (χ4v) is 5.13. The number of ether oxygens (including phenoxy) is 1. The average molecular weight is 478 g/mol. The predicted octanol–water partition coefficient (Wildman–Crippen LogP) is 2.93. The summed E-state index contributed by atoms with van der Waals surface area (Å²) in [6, 6.07) is 7.97. The molecule has 0 spiro atoms. The number of hydrogen-bond acceptors (Lipinski definition) is 6. The molecular formula is C25H31N7O3. The van der Waals surface area contributed by atoms with Crippen LogP contribution in [0.1, 0.15) is 20.8 Å². The molecule has 0 unspecified atom stereocenters. The summed E-state index contributed by atoms with van der Waals surface area (Å²) in [7, 11) is 0. The van der Waals surface area contributed by atoms with E-state index >= 15 is 0 Å². The second-order valence-electron chi connectivity index (χ2n) is 9.26. The first-order valence-electron chi connectivity index (χ1n) is 12.0. The summed E-state index contributed by atoms with van der Waals surface area (Å²) in [5, 5.41) is 3.84. The van der Waals surface area contributed by atoms with Crippen molar-refractivity contribution in [3.8, 4) is 11.3 Å². The van der Waals surface area contributed by atoms with E-state index in [-0.39, 0.29) is 24.0 Å². The van der Waals surface area contributed by atoms with Crippen molar-refractivity contribution >= 4 is 34.5 Å². The standard InChI is InChI=1S/C25H31N7O3/c1-16-14-31(15-17(2)32(16)18(3)33)23-6-4-5-22(29-23)21-13-27-24-20(21)11-19(12-26-24)28-25(34)30-7-9-35-10-8-30/h4-6,11-13,16-17H,7-10,14-15H2,1-3H3,(H,26,27)(H,28,34)/t16-,17+. The van der Waals surface area contributed by atoms with Gasteiger partial charge in [0.2, 0.25) is 5.91 Å². The molecule has 184 valence electrons. The van der Waals surface area contributed by atoms with Crippen molar-refractivity contribution in [1.29, 1.82) is 0 Å². The van der Waals surface area contributed by atoms with Crippen LogP contribution in [0.4, 0.5) is 16.3 Å². The topological polar surface area (TPSA) is 107 Å². The van der Waals surface area contributed by atoms with Crippen molar-refractivity contribution in [2.45, 2.75) is 32.9 Å². The number of anilines is 2. The molecule has 2 fully saturated rings. The molecule has 2 N–H and O–H groups in total. The number of fused-ring (bicyclic) bond motifs is 1. The normalized spacial score (nSPS) is 20.8. The van der Waals surface area contributed by atoms with Gasteiger partial charge in [-0.25, -0.2) is 14.8 Å². The van der Waals surface area contributed by atoms with Gasteiger partial charge in [0.05, 0.1) is 30.8 Å². The van der Waals surface area contributed by atoms with Crippen LogP contribution in [0.15, 0.2) is 36.7 Å².